The molecule has 0 aliphatic carbocycles. The first-order valence-corrected chi connectivity index (χ1v) is 8.35. The standard InChI is InChI=1S/C18H15BrN2O2/c19-13-5-3-4-12(10-13)16(22)21-9-8-18(11-21)14-6-1-2-7-15(14)20-17(18)23/h1-7,10H,8-9,11H2,(H,20,23)/t18-/m1/s1. The fourth-order valence-electron chi connectivity index (χ4n) is 3.57. The molecule has 0 aromatic heterocycles. The lowest BCUT2D eigenvalue weighted by Crippen LogP contribution is -2.39. The fraction of sp³-hybridized carbons (Fsp3) is 0.222. The average Bonchev–Trinajstić information content (AvgIpc) is 3.11. The normalized spacial score (nSPS) is 22.3. The van der Waals surface area contributed by atoms with Gasteiger partial charge in [0, 0.05) is 28.8 Å². The second-order valence-electron chi connectivity index (χ2n) is 6.07. The molecular weight excluding hydrogens is 356 g/mol. The van der Waals surface area contributed by atoms with Crippen molar-refractivity contribution in [2.45, 2.75) is 11.8 Å². The molecule has 116 valence electrons. The van der Waals surface area contributed by atoms with Gasteiger partial charge in [0.2, 0.25) is 5.91 Å². The molecule has 2 amide bonds. The lowest BCUT2D eigenvalue weighted by atomic mass is 9.81. The van der Waals surface area contributed by atoms with Crippen LogP contribution in [0.4, 0.5) is 5.69 Å². The van der Waals surface area contributed by atoms with Crippen LogP contribution < -0.4 is 5.32 Å². The van der Waals surface area contributed by atoms with Crippen LogP contribution in [0.3, 0.4) is 0 Å². The minimum absolute atomic E-state index is 0.00300. The second kappa shape index (κ2) is 5.20. The average molecular weight is 371 g/mol. The van der Waals surface area contributed by atoms with Gasteiger partial charge in [-0.3, -0.25) is 9.59 Å². The SMILES string of the molecule is O=C(c1cccc(Br)c1)N1CC[C@]2(C1)C(=O)Nc1ccccc12. The van der Waals surface area contributed by atoms with E-state index in [4.69, 9.17) is 0 Å². The Labute approximate surface area is 142 Å². The van der Waals surface area contributed by atoms with Crippen LogP contribution in [0.5, 0.6) is 0 Å². The summed E-state index contributed by atoms with van der Waals surface area (Å²) in [6, 6.07) is 15.1. The number of hydrogen-bond acceptors (Lipinski definition) is 2. The number of nitrogens with zero attached hydrogens (tertiary/aromatic N) is 1. The smallest absolute Gasteiger partial charge is 0.253 e. The molecule has 5 heteroatoms. The Hall–Kier alpha value is -2.14. The summed E-state index contributed by atoms with van der Waals surface area (Å²) in [4.78, 5) is 27.1. The van der Waals surface area contributed by atoms with E-state index in [0.717, 1.165) is 15.7 Å². The van der Waals surface area contributed by atoms with Crippen molar-refractivity contribution in [2.24, 2.45) is 0 Å². The van der Waals surface area contributed by atoms with E-state index in [0.29, 0.717) is 25.1 Å². The highest BCUT2D eigenvalue weighted by Gasteiger charge is 2.51. The Bertz CT molecular complexity index is 820. The van der Waals surface area contributed by atoms with Gasteiger partial charge in [0.05, 0.1) is 5.41 Å². The molecule has 1 atom stereocenters. The van der Waals surface area contributed by atoms with Gasteiger partial charge >= 0.3 is 0 Å². The summed E-state index contributed by atoms with van der Waals surface area (Å²) in [7, 11) is 0. The van der Waals surface area contributed by atoms with Crippen LogP contribution in [0.15, 0.2) is 53.0 Å². The second-order valence-corrected chi connectivity index (χ2v) is 6.98. The van der Waals surface area contributed by atoms with Crippen LogP contribution in [0.25, 0.3) is 0 Å². The predicted octanol–water partition coefficient (Wildman–Crippen LogP) is 3.19. The fourth-order valence-corrected chi connectivity index (χ4v) is 3.97. The number of halogens is 1. The molecule has 23 heavy (non-hydrogen) atoms. The highest BCUT2D eigenvalue weighted by atomic mass is 79.9. The minimum atomic E-state index is -0.599. The molecule has 0 saturated carbocycles. The Morgan fingerprint density at radius 2 is 2.00 bits per heavy atom. The Morgan fingerprint density at radius 1 is 1.17 bits per heavy atom. The molecular formula is C18H15BrN2O2. The van der Waals surface area contributed by atoms with Crippen LogP contribution in [0.1, 0.15) is 22.3 Å². The number of rotatable bonds is 1. The zero-order valence-corrected chi connectivity index (χ0v) is 14.0. The molecule has 0 unspecified atom stereocenters. The number of benzene rings is 2. The maximum Gasteiger partial charge on any atom is 0.253 e. The summed E-state index contributed by atoms with van der Waals surface area (Å²) in [6.45, 7) is 1.02. The maximum atomic E-state index is 12.7. The summed E-state index contributed by atoms with van der Waals surface area (Å²) in [5.41, 5.74) is 1.92. The van der Waals surface area contributed by atoms with Gasteiger partial charge in [-0.05, 0) is 36.2 Å². The maximum absolute atomic E-state index is 12.7. The largest absolute Gasteiger partial charge is 0.337 e. The molecule has 2 aromatic carbocycles. The monoisotopic (exact) mass is 370 g/mol. The van der Waals surface area contributed by atoms with Gasteiger partial charge in [-0.1, -0.05) is 40.2 Å². The van der Waals surface area contributed by atoms with Gasteiger partial charge in [0.15, 0.2) is 0 Å². The van der Waals surface area contributed by atoms with Crippen molar-refractivity contribution < 1.29 is 9.59 Å². The molecule has 1 saturated heterocycles. The van der Waals surface area contributed by atoms with Crippen LogP contribution in [-0.4, -0.2) is 29.8 Å². The molecule has 2 aliphatic heterocycles. The third-order valence-electron chi connectivity index (χ3n) is 4.75. The first kappa shape index (κ1) is 14.5. The molecule has 1 fully saturated rings. The van der Waals surface area contributed by atoms with Gasteiger partial charge in [-0.15, -0.1) is 0 Å². The predicted molar refractivity (Wildman–Crippen MR) is 91.4 cm³/mol. The van der Waals surface area contributed by atoms with E-state index in [2.05, 4.69) is 21.2 Å². The van der Waals surface area contributed by atoms with Gasteiger partial charge in [0.1, 0.15) is 0 Å². The van der Waals surface area contributed by atoms with E-state index >= 15 is 0 Å². The number of nitrogens with one attached hydrogen (secondary N) is 1. The van der Waals surface area contributed by atoms with E-state index in [1.54, 1.807) is 11.0 Å². The van der Waals surface area contributed by atoms with E-state index in [9.17, 15) is 9.59 Å². The number of fused-ring (bicyclic) bond motifs is 2. The van der Waals surface area contributed by atoms with Gasteiger partial charge < -0.3 is 10.2 Å². The van der Waals surface area contributed by atoms with Crippen molar-refractivity contribution in [1.29, 1.82) is 0 Å². The highest BCUT2D eigenvalue weighted by molar-refractivity contribution is 9.10. The first-order chi connectivity index (χ1) is 11.1. The molecule has 1 N–H and O–H groups in total. The van der Waals surface area contributed by atoms with Crippen molar-refractivity contribution in [3.63, 3.8) is 0 Å². The number of carbonyl (C=O) groups is 2. The number of anilines is 1. The van der Waals surface area contributed by atoms with Crippen LogP contribution in [0, 0.1) is 0 Å². The summed E-state index contributed by atoms with van der Waals surface area (Å²) in [5, 5.41) is 2.95. The number of hydrogen-bond donors (Lipinski definition) is 1. The molecule has 2 heterocycles. The summed E-state index contributed by atoms with van der Waals surface area (Å²) in [5.74, 6) is -0.0244. The molecule has 4 nitrogen and oxygen atoms in total. The zero-order valence-electron chi connectivity index (χ0n) is 12.4. The molecule has 4 rings (SSSR count). The summed E-state index contributed by atoms with van der Waals surface area (Å²) >= 11 is 3.39. The lowest BCUT2D eigenvalue weighted by molar-refractivity contribution is -0.120. The molecule has 2 aliphatic rings. The van der Waals surface area contributed by atoms with Crippen LogP contribution in [0.2, 0.25) is 0 Å². The van der Waals surface area contributed by atoms with Crippen molar-refractivity contribution in [2.75, 3.05) is 18.4 Å². The Balaban J connectivity index is 1.65. The molecule has 0 bridgehead atoms. The quantitative estimate of drug-likeness (QED) is 0.837. The Morgan fingerprint density at radius 3 is 2.83 bits per heavy atom. The van der Waals surface area contributed by atoms with E-state index in [-0.39, 0.29) is 11.8 Å². The molecule has 2 aromatic rings. The molecule has 0 radical (unpaired) electrons. The van der Waals surface area contributed by atoms with E-state index in [1.165, 1.54) is 0 Å². The third kappa shape index (κ3) is 2.18. The van der Waals surface area contributed by atoms with E-state index < -0.39 is 5.41 Å². The van der Waals surface area contributed by atoms with Gasteiger partial charge in [0.25, 0.3) is 5.91 Å². The first-order valence-electron chi connectivity index (χ1n) is 7.56. The number of para-hydroxylation sites is 1. The van der Waals surface area contributed by atoms with Crippen molar-refractivity contribution in [3.05, 3.63) is 64.1 Å². The van der Waals surface area contributed by atoms with Crippen molar-refractivity contribution >= 4 is 33.4 Å². The van der Waals surface area contributed by atoms with Gasteiger partial charge in [-0.2, -0.15) is 0 Å². The molecule has 1 spiro atoms. The number of carbonyl (C=O) groups excluding carboxylic acids is 2. The third-order valence-corrected chi connectivity index (χ3v) is 5.25. The minimum Gasteiger partial charge on any atom is -0.337 e. The van der Waals surface area contributed by atoms with Crippen LogP contribution in [-0.2, 0) is 10.2 Å². The summed E-state index contributed by atoms with van der Waals surface area (Å²) in [6.07, 6.45) is 0.662. The van der Waals surface area contributed by atoms with Crippen LogP contribution >= 0.6 is 15.9 Å². The number of likely N-dealkylation sites (tertiary alicyclic amines) is 1. The number of amides is 2. The van der Waals surface area contributed by atoms with Crippen molar-refractivity contribution in [3.8, 4) is 0 Å². The van der Waals surface area contributed by atoms with E-state index in [1.807, 2.05) is 42.5 Å². The highest BCUT2D eigenvalue weighted by Crippen LogP contribution is 2.44. The zero-order chi connectivity index (χ0) is 16.0. The van der Waals surface area contributed by atoms with Crippen molar-refractivity contribution in [1.82, 2.24) is 4.90 Å². The summed E-state index contributed by atoms with van der Waals surface area (Å²) < 4.78 is 0.876. The lowest BCUT2D eigenvalue weighted by Gasteiger charge is -2.22. The Kier molecular flexibility index (Phi) is 3.27. The van der Waals surface area contributed by atoms with Gasteiger partial charge in [-0.25, -0.2) is 0 Å². The topological polar surface area (TPSA) is 49.4 Å².